The summed E-state index contributed by atoms with van der Waals surface area (Å²) >= 11 is 5.80. The van der Waals surface area contributed by atoms with E-state index in [0.717, 1.165) is 24.1 Å². The van der Waals surface area contributed by atoms with Gasteiger partial charge in [-0.15, -0.1) is 11.7 Å². The standard InChI is InChI=1S/C12H14ClN3O/c1-2-3-4-12(17)16-6-5-10-9(8-16)7-11(13)15-14-10/h2,7H,1,3-6,8H2. The van der Waals surface area contributed by atoms with Gasteiger partial charge < -0.3 is 4.90 Å². The van der Waals surface area contributed by atoms with Crippen LogP contribution in [0.15, 0.2) is 18.7 Å². The lowest BCUT2D eigenvalue weighted by atomic mass is 10.1. The summed E-state index contributed by atoms with van der Waals surface area (Å²) in [6.07, 6.45) is 3.75. The molecule has 0 aliphatic carbocycles. The van der Waals surface area contributed by atoms with Gasteiger partial charge in [-0.2, -0.15) is 5.10 Å². The number of amides is 1. The third-order valence-electron chi connectivity index (χ3n) is 2.83. The molecule has 0 saturated heterocycles. The van der Waals surface area contributed by atoms with Crippen LogP contribution in [0.2, 0.25) is 5.15 Å². The molecule has 90 valence electrons. The summed E-state index contributed by atoms with van der Waals surface area (Å²) in [6.45, 7) is 4.91. The molecule has 0 bridgehead atoms. The minimum atomic E-state index is 0.156. The maximum Gasteiger partial charge on any atom is 0.223 e. The Morgan fingerprint density at radius 2 is 2.41 bits per heavy atom. The second-order valence-corrected chi connectivity index (χ2v) is 4.42. The zero-order valence-electron chi connectivity index (χ0n) is 9.53. The number of hydrogen-bond donors (Lipinski definition) is 0. The Morgan fingerprint density at radius 1 is 1.59 bits per heavy atom. The van der Waals surface area contributed by atoms with Gasteiger partial charge in [-0.05, 0) is 18.1 Å². The second kappa shape index (κ2) is 5.27. The van der Waals surface area contributed by atoms with Gasteiger partial charge in [0.05, 0.1) is 5.69 Å². The highest BCUT2D eigenvalue weighted by Crippen LogP contribution is 2.19. The fourth-order valence-electron chi connectivity index (χ4n) is 1.90. The van der Waals surface area contributed by atoms with Gasteiger partial charge in [0.15, 0.2) is 5.15 Å². The Bertz CT molecular complexity index is 447. The van der Waals surface area contributed by atoms with Gasteiger partial charge in [0.2, 0.25) is 5.91 Å². The van der Waals surface area contributed by atoms with Crippen LogP contribution in [-0.4, -0.2) is 27.5 Å². The Morgan fingerprint density at radius 3 is 3.18 bits per heavy atom. The van der Waals surface area contributed by atoms with Crippen molar-refractivity contribution in [1.82, 2.24) is 15.1 Å². The Balaban J connectivity index is 2.07. The SMILES string of the molecule is C=CCCC(=O)N1CCc2nnc(Cl)cc2C1. The largest absolute Gasteiger partial charge is 0.338 e. The number of aromatic nitrogens is 2. The molecule has 0 fully saturated rings. The highest BCUT2D eigenvalue weighted by atomic mass is 35.5. The third-order valence-corrected chi connectivity index (χ3v) is 3.01. The predicted octanol–water partition coefficient (Wildman–Crippen LogP) is 1.98. The van der Waals surface area contributed by atoms with E-state index in [1.807, 2.05) is 4.90 Å². The van der Waals surface area contributed by atoms with E-state index in [2.05, 4.69) is 16.8 Å². The van der Waals surface area contributed by atoms with Gasteiger partial charge in [-0.1, -0.05) is 17.7 Å². The van der Waals surface area contributed by atoms with Crippen LogP contribution in [0.1, 0.15) is 24.1 Å². The molecule has 5 heteroatoms. The molecular weight excluding hydrogens is 238 g/mol. The molecular formula is C12H14ClN3O. The van der Waals surface area contributed by atoms with Gasteiger partial charge >= 0.3 is 0 Å². The van der Waals surface area contributed by atoms with Gasteiger partial charge in [-0.3, -0.25) is 4.79 Å². The summed E-state index contributed by atoms with van der Waals surface area (Å²) in [7, 11) is 0. The Hall–Kier alpha value is -1.42. The quantitative estimate of drug-likeness (QED) is 0.772. The molecule has 1 amide bonds. The number of hydrogen-bond acceptors (Lipinski definition) is 3. The molecule has 2 rings (SSSR count). The fraction of sp³-hybridized carbons (Fsp3) is 0.417. The number of carbonyl (C=O) groups is 1. The zero-order valence-corrected chi connectivity index (χ0v) is 10.3. The first kappa shape index (κ1) is 12.0. The smallest absolute Gasteiger partial charge is 0.223 e. The molecule has 1 aromatic rings. The van der Waals surface area contributed by atoms with Crippen molar-refractivity contribution in [2.75, 3.05) is 6.54 Å². The number of carbonyl (C=O) groups excluding carboxylic acids is 1. The number of rotatable bonds is 3. The highest BCUT2D eigenvalue weighted by molar-refractivity contribution is 6.29. The highest BCUT2D eigenvalue weighted by Gasteiger charge is 2.21. The first-order chi connectivity index (χ1) is 8.20. The lowest BCUT2D eigenvalue weighted by Gasteiger charge is -2.27. The molecule has 0 spiro atoms. The van der Waals surface area contributed by atoms with Crippen molar-refractivity contribution in [3.05, 3.63) is 35.1 Å². The number of allylic oxidation sites excluding steroid dienone is 1. The van der Waals surface area contributed by atoms with Crippen molar-refractivity contribution in [3.63, 3.8) is 0 Å². The fourth-order valence-corrected chi connectivity index (χ4v) is 2.07. The summed E-state index contributed by atoms with van der Waals surface area (Å²) in [4.78, 5) is 13.7. The maximum absolute atomic E-state index is 11.9. The van der Waals surface area contributed by atoms with Crippen molar-refractivity contribution < 1.29 is 4.79 Å². The first-order valence-corrected chi connectivity index (χ1v) is 5.98. The molecule has 0 atom stereocenters. The van der Waals surface area contributed by atoms with Gasteiger partial charge in [0.1, 0.15) is 0 Å². The van der Waals surface area contributed by atoms with Crippen LogP contribution in [0.4, 0.5) is 0 Å². The molecule has 1 aromatic heterocycles. The van der Waals surface area contributed by atoms with Crippen molar-refractivity contribution in [1.29, 1.82) is 0 Å². The monoisotopic (exact) mass is 251 g/mol. The molecule has 0 N–H and O–H groups in total. The molecule has 1 aliphatic rings. The lowest BCUT2D eigenvalue weighted by molar-refractivity contribution is -0.132. The molecule has 0 unspecified atom stereocenters. The van der Waals surface area contributed by atoms with Crippen LogP contribution in [0.3, 0.4) is 0 Å². The van der Waals surface area contributed by atoms with Crippen LogP contribution in [-0.2, 0) is 17.8 Å². The van der Waals surface area contributed by atoms with E-state index in [1.54, 1.807) is 12.1 Å². The number of nitrogens with zero attached hydrogens (tertiary/aromatic N) is 3. The topological polar surface area (TPSA) is 46.1 Å². The Kier molecular flexibility index (Phi) is 3.74. The van der Waals surface area contributed by atoms with E-state index in [-0.39, 0.29) is 5.91 Å². The van der Waals surface area contributed by atoms with Crippen molar-refractivity contribution >= 4 is 17.5 Å². The molecule has 4 nitrogen and oxygen atoms in total. The molecule has 17 heavy (non-hydrogen) atoms. The first-order valence-electron chi connectivity index (χ1n) is 5.60. The minimum Gasteiger partial charge on any atom is -0.338 e. The molecule has 1 aliphatic heterocycles. The van der Waals surface area contributed by atoms with Gasteiger partial charge in [0, 0.05) is 25.9 Å². The third kappa shape index (κ3) is 2.82. The minimum absolute atomic E-state index is 0.156. The van der Waals surface area contributed by atoms with Crippen LogP contribution in [0.25, 0.3) is 0 Å². The summed E-state index contributed by atoms with van der Waals surface area (Å²) in [6, 6.07) is 1.79. The number of halogens is 1. The van der Waals surface area contributed by atoms with Crippen molar-refractivity contribution in [2.45, 2.75) is 25.8 Å². The zero-order chi connectivity index (χ0) is 12.3. The molecule has 0 aromatic carbocycles. The van der Waals surface area contributed by atoms with E-state index < -0.39 is 0 Å². The molecule has 0 saturated carbocycles. The van der Waals surface area contributed by atoms with Crippen LogP contribution in [0, 0.1) is 0 Å². The Labute approximate surface area is 105 Å². The predicted molar refractivity (Wildman–Crippen MR) is 65.6 cm³/mol. The summed E-state index contributed by atoms with van der Waals surface area (Å²) < 4.78 is 0. The average Bonchev–Trinajstić information content (AvgIpc) is 2.35. The van der Waals surface area contributed by atoms with Gasteiger partial charge in [0.25, 0.3) is 0 Å². The van der Waals surface area contributed by atoms with E-state index in [4.69, 9.17) is 11.6 Å². The maximum atomic E-state index is 11.9. The normalized spacial score (nSPS) is 14.3. The lowest BCUT2D eigenvalue weighted by Crippen LogP contribution is -2.36. The van der Waals surface area contributed by atoms with Gasteiger partial charge in [-0.25, -0.2) is 0 Å². The summed E-state index contributed by atoms with van der Waals surface area (Å²) in [5.41, 5.74) is 1.95. The molecule has 2 heterocycles. The van der Waals surface area contributed by atoms with Crippen LogP contribution in [0.5, 0.6) is 0 Å². The van der Waals surface area contributed by atoms with Crippen LogP contribution < -0.4 is 0 Å². The average molecular weight is 252 g/mol. The van der Waals surface area contributed by atoms with Crippen molar-refractivity contribution in [2.24, 2.45) is 0 Å². The van der Waals surface area contributed by atoms with Crippen LogP contribution >= 0.6 is 11.6 Å². The van der Waals surface area contributed by atoms with Crippen molar-refractivity contribution in [3.8, 4) is 0 Å². The second-order valence-electron chi connectivity index (χ2n) is 4.03. The van der Waals surface area contributed by atoms with E-state index in [1.165, 1.54) is 0 Å². The van der Waals surface area contributed by atoms with E-state index >= 15 is 0 Å². The summed E-state index contributed by atoms with van der Waals surface area (Å²) in [5.74, 6) is 0.156. The molecule has 0 radical (unpaired) electrons. The summed E-state index contributed by atoms with van der Waals surface area (Å²) in [5, 5.41) is 8.23. The number of fused-ring (bicyclic) bond motifs is 1. The van der Waals surface area contributed by atoms with E-state index in [9.17, 15) is 4.79 Å². The van der Waals surface area contributed by atoms with E-state index in [0.29, 0.717) is 24.7 Å².